The van der Waals surface area contributed by atoms with Crippen molar-refractivity contribution in [2.45, 2.75) is 11.8 Å². The molecule has 2 aromatic heterocycles. The second-order valence-corrected chi connectivity index (χ2v) is 9.01. The van der Waals surface area contributed by atoms with Gasteiger partial charge in [0.1, 0.15) is 22.2 Å². The van der Waals surface area contributed by atoms with Crippen LogP contribution in [0.1, 0.15) is 16.2 Å². The number of carbonyl (C=O) groups excluding carboxylic acids is 1. The molecule has 0 aliphatic carbocycles. The molecule has 0 N–H and O–H groups in total. The molecule has 1 amide bonds. The Bertz CT molecular complexity index is 1230. The maximum Gasteiger partial charge on any atom is 0.255 e. The molecule has 1 aliphatic heterocycles. The number of rotatable bonds is 5. The molecule has 3 aromatic rings. The molecule has 4 rings (SSSR count). The molecule has 1 saturated heterocycles. The third-order valence-electron chi connectivity index (χ3n) is 5.33. The number of methoxy groups -OCH3 is 2. The van der Waals surface area contributed by atoms with Gasteiger partial charge in [0.05, 0.1) is 19.8 Å². The van der Waals surface area contributed by atoms with Crippen LogP contribution >= 0.6 is 0 Å². The summed E-state index contributed by atoms with van der Waals surface area (Å²) in [7, 11) is -0.912. The van der Waals surface area contributed by atoms with E-state index in [1.165, 1.54) is 24.6 Å². The number of fused-ring (bicyclic) bond motifs is 1. The number of carbonyl (C=O) groups is 1. The highest BCUT2D eigenvalue weighted by Crippen LogP contribution is 2.31. The molecule has 0 bridgehead atoms. The monoisotopic (exact) mass is 445 g/mol. The molecule has 1 fully saturated rings. The van der Waals surface area contributed by atoms with Crippen LogP contribution in [0.2, 0.25) is 0 Å². The topological polar surface area (TPSA) is 106 Å². The summed E-state index contributed by atoms with van der Waals surface area (Å²) in [6, 6.07) is 8.10. The van der Waals surface area contributed by atoms with E-state index in [-0.39, 0.29) is 42.7 Å². The number of nitrogens with zero attached hydrogens (tertiary/aromatic N) is 5. The minimum absolute atomic E-state index is 0.0441. The number of ether oxygens (including phenoxy) is 2. The normalized spacial score (nSPS) is 15.3. The van der Waals surface area contributed by atoms with Crippen molar-refractivity contribution in [1.29, 1.82) is 0 Å². The quantitative estimate of drug-likeness (QED) is 0.581. The molecular formula is C20H23N5O5S. The summed E-state index contributed by atoms with van der Waals surface area (Å²) < 4.78 is 39.9. The molecule has 3 heterocycles. The molecule has 0 radical (unpaired) electrons. The lowest BCUT2D eigenvalue weighted by Gasteiger charge is -2.34. The highest BCUT2D eigenvalue weighted by Gasteiger charge is 2.32. The van der Waals surface area contributed by atoms with Gasteiger partial charge in [0, 0.05) is 38.4 Å². The Morgan fingerprint density at radius 2 is 1.74 bits per heavy atom. The SMILES string of the molecule is COc1ccc(OC)c(S(=O)(=O)N2CCN(C(=O)c3ccc4nnc(C)n4c3)CC2)c1. The fraction of sp³-hybridized carbons (Fsp3) is 0.350. The molecule has 1 aromatic carbocycles. The first kappa shape index (κ1) is 21.1. The van der Waals surface area contributed by atoms with Crippen LogP contribution in [0, 0.1) is 6.92 Å². The van der Waals surface area contributed by atoms with Crippen LogP contribution in [0.15, 0.2) is 41.4 Å². The Morgan fingerprint density at radius 3 is 2.42 bits per heavy atom. The molecule has 31 heavy (non-hydrogen) atoms. The minimum Gasteiger partial charge on any atom is -0.497 e. The Balaban J connectivity index is 1.51. The number of piperazine rings is 1. The van der Waals surface area contributed by atoms with Crippen molar-refractivity contribution >= 4 is 21.6 Å². The summed E-state index contributed by atoms with van der Waals surface area (Å²) in [5.74, 6) is 1.20. The van der Waals surface area contributed by atoms with Crippen molar-refractivity contribution < 1.29 is 22.7 Å². The van der Waals surface area contributed by atoms with Crippen LogP contribution in [-0.4, -0.2) is 78.5 Å². The van der Waals surface area contributed by atoms with E-state index in [4.69, 9.17) is 9.47 Å². The van der Waals surface area contributed by atoms with Gasteiger partial charge in [-0.05, 0) is 31.2 Å². The van der Waals surface area contributed by atoms with E-state index in [9.17, 15) is 13.2 Å². The fourth-order valence-electron chi connectivity index (χ4n) is 3.57. The minimum atomic E-state index is -3.81. The van der Waals surface area contributed by atoms with Gasteiger partial charge in [-0.3, -0.25) is 9.20 Å². The number of aryl methyl sites for hydroxylation is 1. The van der Waals surface area contributed by atoms with Gasteiger partial charge in [0.2, 0.25) is 10.0 Å². The Morgan fingerprint density at radius 1 is 1.00 bits per heavy atom. The van der Waals surface area contributed by atoms with Crippen LogP contribution in [0.5, 0.6) is 11.5 Å². The van der Waals surface area contributed by atoms with E-state index in [1.54, 1.807) is 39.8 Å². The lowest BCUT2D eigenvalue weighted by atomic mass is 10.2. The number of hydrogen-bond acceptors (Lipinski definition) is 7. The molecule has 10 nitrogen and oxygen atoms in total. The molecule has 0 saturated carbocycles. The average Bonchev–Trinajstić information content (AvgIpc) is 3.18. The van der Waals surface area contributed by atoms with Crippen molar-refractivity contribution in [2.75, 3.05) is 40.4 Å². The zero-order valence-corrected chi connectivity index (χ0v) is 18.3. The molecule has 164 valence electrons. The number of sulfonamides is 1. The van der Waals surface area contributed by atoms with Crippen LogP contribution in [-0.2, 0) is 10.0 Å². The van der Waals surface area contributed by atoms with Crippen molar-refractivity contribution in [2.24, 2.45) is 0 Å². The van der Waals surface area contributed by atoms with Crippen LogP contribution in [0.25, 0.3) is 5.65 Å². The predicted molar refractivity (Wildman–Crippen MR) is 112 cm³/mol. The first-order valence-electron chi connectivity index (χ1n) is 9.68. The Hall–Kier alpha value is -3.18. The Kier molecular flexibility index (Phi) is 5.54. The fourth-order valence-corrected chi connectivity index (χ4v) is 5.16. The van der Waals surface area contributed by atoms with Crippen molar-refractivity contribution in [1.82, 2.24) is 23.8 Å². The first-order valence-corrected chi connectivity index (χ1v) is 11.1. The first-order chi connectivity index (χ1) is 14.8. The second kappa shape index (κ2) is 8.16. The molecule has 0 spiro atoms. The van der Waals surface area contributed by atoms with E-state index in [0.717, 1.165) is 0 Å². The smallest absolute Gasteiger partial charge is 0.255 e. The van der Waals surface area contributed by atoms with E-state index >= 15 is 0 Å². The molecule has 0 atom stereocenters. The second-order valence-electron chi connectivity index (χ2n) is 7.11. The number of pyridine rings is 1. The molecule has 11 heteroatoms. The number of aromatic nitrogens is 3. The van der Waals surface area contributed by atoms with Crippen molar-refractivity contribution in [3.8, 4) is 11.5 Å². The molecule has 1 aliphatic rings. The van der Waals surface area contributed by atoms with Gasteiger partial charge in [0.15, 0.2) is 5.65 Å². The van der Waals surface area contributed by atoms with Gasteiger partial charge in [-0.2, -0.15) is 4.31 Å². The van der Waals surface area contributed by atoms with Gasteiger partial charge in [-0.1, -0.05) is 0 Å². The van der Waals surface area contributed by atoms with Crippen LogP contribution in [0.3, 0.4) is 0 Å². The number of amides is 1. The highest BCUT2D eigenvalue weighted by molar-refractivity contribution is 7.89. The standard InChI is InChI=1S/C20H23N5O5S/c1-14-21-22-19-7-4-15(13-25(14)19)20(26)23-8-10-24(11-9-23)31(27,28)18-12-16(29-2)5-6-17(18)30-3/h4-7,12-13H,8-11H2,1-3H3. The van der Waals surface area contributed by atoms with Crippen LogP contribution in [0.4, 0.5) is 0 Å². The zero-order valence-electron chi connectivity index (χ0n) is 17.5. The summed E-state index contributed by atoms with van der Waals surface area (Å²) >= 11 is 0. The van der Waals surface area contributed by atoms with E-state index in [1.807, 2.05) is 6.92 Å². The largest absolute Gasteiger partial charge is 0.497 e. The van der Waals surface area contributed by atoms with E-state index < -0.39 is 10.0 Å². The summed E-state index contributed by atoms with van der Waals surface area (Å²) in [4.78, 5) is 14.6. The number of benzene rings is 1. The zero-order chi connectivity index (χ0) is 22.2. The van der Waals surface area contributed by atoms with Gasteiger partial charge in [-0.15, -0.1) is 10.2 Å². The van der Waals surface area contributed by atoms with Gasteiger partial charge < -0.3 is 14.4 Å². The number of hydrogen-bond donors (Lipinski definition) is 0. The van der Waals surface area contributed by atoms with Gasteiger partial charge >= 0.3 is 0 Å². The third kappa shape index (κ3) is 3.81. The molecule has 0 unspecified atom stereocenters. The lowest BCUT2D eigenvalue weighted by Crippen LogP contribution is -2.50. The van der Waals surface area contributed by atoms with Crippen molar-refractivity contribution in [3.05, 3.63) is 47.9 Å². The van der Waals surface area contributed by atoms with Crippen molar-refractivity contribution in [3.63, 3.8) is 0 Å². The summed E-state index contributed by atoms with van der Waals surface area (Å²) in [5, 5.41) is 8.02. The maximum absolute atomic E-state index is 13.2. The predicted octanol–water partition coefficient (Wildman–Crippen LogP) is 1.20. The van der Waals surface area contributed by atoms with E-state index in [2.05, 4.69) is 10.2 Å². The summed E-state index contributed by atoms with van der Waals surface area (Å²) in [6.07, 6.45) is 1.71. The van der Waals surface area contributed by atoms with Gasteiger partial charge in [-0.25, -0.2) is 8.42 Å². The van der Waals surface area contributed by atoms with Crippen LogP contribution < -0.4 is 9.47 Å². The summed E-state index contributed by atoms with van der Waals surface area (Å²) in [6.45, 7) is 2.74. The van der Waals surface area contributed by atoms with Gasteiger partial charge in [0.25, 0.3) is 5.91 Å². The maximum atomic E-state index is 13.2. The van der Waals surface area contributed by atoms with E-state index in [0.29, 0.717) is 22.8 Å². The molecular weight excluding hydrogens is 422 g/mol. The third-order valence-corrected chi connectivity index (χ3v) is 7.25. The highest BCUT2D eigenvalue weighted by atomic mass is 32.2. The summed E-state index contributed by atoms with van der Waals surface area (Å²) in [5.41, 5.74) is 1.17. The Labute approximate surface area is 180 Å². The average molecular weight is 446 g/mol. The lowest BCUT2D eigenvalue weighted by molar-refractivity contribution is 0.0697.